The number of nitrogens with one attached hydrogen (secondary N) is 1. The summed E-state index contributed by atoms with van der Waals surface area (Å²) in [5, 5.41) is 3.30. The van der Waals surface area contributed by atoms with Crippen LogP contribution in [-0.4, -0.2) is 12.8 Å². The Balaban J connectivity index is 1.97. The number of hydrogen-bond acceptors (Lipinski definition) is 2. The summed E-state index contributed by atoms with van der Waals surface area (Å²) in [6.45, 7) is 3.09. The number of rotatable bonds is 4. The summed E-state index contributed by atoms with van der Waals surface area (Å²) < 4.78 is 19.1. The van der Waals surface area contributed by atoms with Gasteiger partial charge in [-0.2, -0.15) is 0 Å². The van der Waals surface area contributed by atoms with E-state index in [1.165, 1.54) is 6.07 Å². The molecule has 0 aromatic heterocycles. The first-order valence-corrected chi connectivity index (χ1v) is 5.98. The van der Waals surface area contributed by atoms with E-state index in [1.807, 2.05) is 6.07 Å². The fraction of sp³-hybridized carbons (Fsp3) is 0.538. The van der Waals surface area contributed by atoms with Crippen LogP contribution in [0.2, 0.25) is 0 Å². The second kappa shape index (κ2) is 5.30. The van der Waals surface area contributed by atoms with Crippen molar-refractivity contribution in [3.8, 4) is 5.75 Å². The number of ether oxygens (including phenoxy) is 1. The first-order chi connectivity index (χ1) is 7.81. The van der Waals surface area contributed by atoms with Crippen LogP contribution < -0.4 is 10.1 Å². The Kier molecular flexibility index (Phi) is 3.78. The highest BCUT2D eigenvalue weighted by atomic mass is 19.1. The van der Waals surface area contributed by atoms with Crippen LogP contribution in [-0.2, 0) is 6.42 Å². The van der Waals surface area contributed by atoms with E-state index in [-0.39, 0.29) is 12.0 Å². The van der Waals surface area contributed by atoms with Gasteiger partial charge >= 0.3 is 0 Å². The normalized spacial score (nSPS) is 19.0. The summed E-state index contributed by atoms with van der Waals surface area (Å²) in [4.78, 5) is 0. The molecule has 1 aliphatic rings. The Hall–Kier alpha value is -1.09. The van der Waals surface area contributed by atoms with Crippen molar-refractivity contribution in [1.29, 1.82) is 0 Å². The fourth-order valence-electron chi connectivity index (χ4n) is 1.95. The molecule has 0 saturated heterocycles. The van der Waals surface area contributed by atoms with Gasteiger partial charge in [0.25, 0.3) is 0 Å². The minimum atomic E-state index is -0.250. The zero-order valence-corrected chi connectivity index (χ0v) is 9.63. The zero-order valence-electron chi connectivity index (χ0n) is 9.63. The molecular weight excluding hydrogens is 205 g/mol. The van der Waals surface area contributed by atoms with E-state index in [9.17, 15) is 4.39 Å². The lowest BCUT2D eigenvalue weighted by atomic mass is 10.0. The number of para-hydroxylation sites is 1. The fourth-order valence-corrected chi connectivity index (χ4v) is 1.95. The van der Waals surface area contributed by atoms with Crippen LogP contribution in [0.3, 0.4) is 0 Å². The maximum atomic E-state index is 13.5. The minimum Gasteiger partial charge on any atom is -0.472 e. The van der Waals surface area contributed by atoms with Gasteiger partial charge in [-0.15, -0.1) is 0 Å². The Bertz CT molecular complexity index is 354. The summed E-state index contributed by atoms with van der Waals surface area (Å²) in [5.41, 5.74) is 0.980. The molecule has 1 atom stereocenters. The lowest BCUT2D eigenvalue weighted by Crippen LogP contribution is -2.38. The number of unbranched alkanes of at least 4 members (excludes halogenated alkanes) is 1. The zero-order chi connectivity index (χ0) is 11.4. The number of halogens is 1. The summed E-state index contributed by atoms with van der Waals surface area (Å²) in [6.07, 6.45) is 4.06. The van der Waals surface area contributed by atoms with Gasteiger partial charge in [0.05, 0.1) is 0 Å². The number of aryl methyl sites for hydroxylation is 1. The molecule has 1 aromatic carbocycles. The first-order valence-electron chi connectivity index (χ1n) is 5.98. The minimum absolute atomic E-state index is 0.0315. The third-order valence-corrected chi connectivity index (χ3v) is 2.89. The van der Waals surface area contributed by atoms with Gasteiger partial charge in [-0.05, 0) is 31.0 Å². The predicted octanol–water partition coefficient (Wildman–Crippen LogP) is 2.87. The Morgan fingerprint density at radius 3 is 3.19 bits per heavy atom. The van der Waals surface area contributed by atoms with Gasteiger partial charge < -0.3 is 4.74 Å². The van der Waals surface area contributed by atoms with Gasteiger partial charge in [0.2, 0.25) is 0 Å². The van der Waals surface area contributed by atoms with E-state index in [0.717, 1.165) is 37.8 Å². The van der Waals surface area contributed by atoms with Crippen molar-refractivity contribution in [1.82, 2.24) is 5.32 Å². The second-order valence-corrected chi connectivity index (χ2v) is 4.18. The molecule has 88 valence electrons. The molecule has 2 nitrogen and oxygen atoms in total. The molecule has 1 N–H and O–H groups in total. The van der Waals surface area contributed by atoms with Crippen LogP contribution in [0.25, 0.3) is 0 Å². The molecule has 1 heterocycles. The van der Waals surface area contributed by atoms with Gasteiger partial charge in [-0.1, -0.05) is 25.5 Å². The van der Waals surface area contributed by atoms with E-state index in [4.69, 9.17) is 4.74 Å². The van der Waals surface area contributed by atoms with Gasteiger partial charge in [-0.3, -0.25) is 5.32 Å². The topological polar surface area (TPSA) is 21.3 Å². The van der Waals surface area contributed by atoms with Gasteiger partial charge in [-0.25, -0.2) is 4.39 Å². The van der Waals surface area contributed by atoms with Crippen LogP contribution in [0.5, 0.6) is 5.75 Å². The highest BCUT2D eigenvalue weighted by Crippen LogP contribution is 2.29. The van der Waals surface area contributed by atoms with Crippen LogP contribution in [0.4, 0.5) is 4.39 Å². The Morgan fingerprint density at radius 2 is 2.38 bits per heavy atom. The third kappa shape index (κ3) is 2.53. The number of hydrogen-bond donors (Lipinski definition) is 1. The molecule has 0 fully saturated rings. The highest BCUT2D eigenvalue weighted by molar-refractivity contribution is 5.36. The summed E-state index contributed by atoms with van der Waals surface area (Å²) in [7, 11) is 0. The maximum Gasteiger partial charge on any atom is 0.165 e. The molecule has 1 aromatic rings. The van der Waals surface area contributed by atoms with E-state index < -0.39 is 0 Å². The van der Waals surface area contributed by atoms with Gasteiger partial charge in [0.1, 0.15) is 0 Å². The van der Waals surface area contributed by atoms with Gasteiger partial charge in [0, 0.05) is 6.42 Å². The van der Waals surface area contributed by atoms with Crippen LogP contribution in [0.15, 0.2) is 18.2 Å². The number of fused-ring (bicyclic) bond motifs is 1. The maximum absolute atomic E-state index is 13.5. The van der Waals surface area contributed by atoms with E-state index >= 15 is 0 Å². The summed E-state index contributed by atoms with van der Waals surface area (Å²) in [6, 6.07) is 5.12. The van der Waals surface area contributed by atoms with Crippen molar-refractivity contribution in [3.63, 3.8) is 0 Å². The number of benzene rings is 1. The molecule has 1 unspecified atom stereocenters. The van der Waals surface area contributed by atoms with Crippen molar-refractivity contribution in [2.24, 2.45) is 0 Å². The molecule has 0 radical (unpaired) electrons. The largest absolute Gasteiger partial charge is 0.472 e. The average Bonchev–Trinajstić information content (AvgIpc) is 2.30. The van der Waals surface area contributed by atoms with Crippen molar-refractivity contribution in [2.45, 2.75) is 38.8 Å². The third-order valence-electron chi connectivity index (χ3n) is 2.89. The standard InChI is InChI=1S/C13H18FNO/c1-2-3-9-15-12-8-7-10-5-4-6-11(14)13(10)16-12/h4-6,12,15H,2-3,7-9H2,1H3. The molecule has 0 aliphatic carbocycles. The highest BCUT2D eigenvalue weighted by Gasteiger charge is 2.21. The van der Waals surface area contributed by atoms with E-state index in [0.29, 0.717) is 5.75 Å². The smallest absolute Gasteiger partial charge is 0.165 e. The Morgan fingerprint density at radius 1 is 1.50 bits per heavy atom. The first kappa shape index (κ1) is 11.4. The summed E-state index contributed by atoms with van der Waals surface area (Å²) in [5.74, 6) is 0.183. The molecule has 16 heavy (non-hydrogen) atoms. The average molecular weight is 223 g/mol. The quantitative estimate of drug-likeness (QED) is 0.792. The van der Waals surface area contributed by atoms with Crippen molar-refractivity contribution >= 4 is 0 Å². The molecular formula is C13H18FNO. The van der Waals surface area contributed by atoms with Crippen LogP contribution in [0.1, 0.15) is 31.7 Å². The molecule has 2 rings (SSSR count). The van der Waals surface area contributed by atoms with Crippen molar-refractivity contribution < 1.29 is 9.13 Å². The summed E-state index contributed by atoms with van der Waals surface area (Å²) >= 11 is 0. The lowest BCUT2D eigenvalue weighted by Gasteiger charge is -2.27. The molecule has 0 saturated carbocycles. The Labute approximate surface area is 95.8 Å². The van der Waals surface area contributed by atoms with Gasteiger partial charge in [0.15, 0.2) is 17.8 Å². The SMILES string of the molecule is CCCCNC1CCc2cccc(F)c2O1. The molecule has 1 aliphatic heterocycles. The second-order valence-electron chi connectivity index (χ2n) is 4.18. The monoisotopic (exact) mass is 223 g/mol. The molecule has 0 spiro atoms. The van der Waals surface area contributed by atoms with E-state index in [2.05, 4.69) is 12.2 Å². The molecule has 3 heteroatoms. The molecule has 0 amide bonds. The molecule has 0 bridgehead atoms. The van der Waals surface area contributed by atoms with Crippen LogP contribution >= 0.6 is 0 Å². The predicted molar refractivity (Wildman–Crippen MR) is 62.0 cm³/mol. The van der Waals surface area contributed by atoms with Crippen molar-refractivity contribution in [3.05, 3.63) is 29.6 Å². The van der Waals surface area contributed by atoms with E-state index in [1.54, 1.807) is 6.07 Å². The lowest BCUT2D eigenvalue weighted by molar-refractivity contribution is 0.131. The van der Waals surface area contributed by atoms with Crippen molar-refractivity contribution in [2.75, 3.05) is 6.54 Å². The van der Waals surface area contributed by atoms with Crippen LogP contribution in [0, 0.1) is 5.82 Å².